The monoisotopic (exact) mass is 923 g/mol. The van der Waals surface area contributed by atoms with Crippen molar-refractivity contribution in [3.8, 4) is 22.5 Å². The summed E-state index contributed by atoms with van der Waals surface area (Å²) in [6.45, 7) is 19.6. The molecule has 0 unspecified atom stereocenters. The zero-order chi connectivity index (χ0) is 47.6. The van der Waals surface area contributed by atoms with E-state index < -0.39 is 41.3 Å². The van der Waals surface area contributed by atoms with Crippen molar-refractivity contribution >= 4 is 52.0 Å². The quantitative estimate of drug-likeness (QED) is 0.150. The minimum atomic E-state index is -1.09. The highest BCUT2D eigenvalue weighted by molar-refractivity contribution is 7.10. The maximum absolute atomic E-state index is 14.6. The van der Waals surface area contributed by atoms with Gasteiger partial charge in [-0.15, -0.1) is 11.3 Å². The standard InChI is InChI=1S/C49H65N9O7S/c1-11-41(59)57-22-21-55(26-30(57)5)48(63)54(9)43(29(3)4)45(60)52-37-24-40-51-38(27-66-40)32-17-18-39-34(23-32)35(44(56(39)12-2)33-15-13-19-50-42(33)31(6)64-10)25-49(7,8)28-65-47(62)36-16-14-20-58(53-36)46(37)61/h11,13,15,17-19,23,27,29-31,36-37,43,53H,1,12,14,16,20-22,24-26,28H2,2-10H3,(H,52,60)/t30-,31-,36-,37-,43-/m0/s1. The van der Waals surface area contributed by atoms with Crippen LogP contribution in [0.25, 0.3) is 33.4 Å². The summed E-state index contributed by atoms with van der Waals surface area (Å²) < 4.78 is 14.2. The number of pyridine rings is 1. The lowest BCUT2D eigenvalue weighted by Gasteiger charge is -2.42. The molecular weight excluding hydrogens is 859 g/mol. The average Bonchev–Trinajstić information content (AvgIpc) is 3.90. The Morgan fingerprint density at radius 3 is 2.62 bits per heavy atom. The number of esters is 1. The molecule has 3 aliphatic rings. The van der Waals surface area contributed by atoms with Crippen molar-refractivity contribution in [2.75, 3.05) is 46.9 Å². The van der Waals surface area contributed by atoms with Crippen molar-refractivity contribution in [3.05, 3.63) is 70.8 Å². The molecule has 16 nitrogen and oxygen atoms in total. The van der Waals surface area contributed by atoms with E-state index in [9.17, 15) is 24.0 Å². The number of amides is 5. The van der Waals surface area contributed by atoms with Crippen molar-refractivity contribution in [2.45, 2.75) is 111 Å². The van der Waals surface area contributed by atoms with Gasteiger partial charge in [0.05, 0.1) is 34.8 Å². The lowest BCUT2D eigenvalue weighted by atomic mass is 9.84. The fraction of sp³-hybridized carbons (Fsp3) is 0.531. The number of urea groups is 1. The second-order valence-electron chi connectivity index (χ2n) is 18.9. The third-order valence-corrected chi connectivity index (χ3v) is 14.0. The molecule has 4 aromatic rings. The third-order valence-electron chi connectivity index (χ3n) is 13.1. The molecule has 2 saturated heterocycles. The lowest BCUT2D eigenvalue weighted by molar-refractivity contribution is -0.155. The van der Waals surface area contributed by atoms with Gasteiger partial charge in [0.1, 0.15) is 18.1 Å². The topological polar surface area (TPSA) is 172 Å². The van der Waals surface area contributed by atoms with Gasteiger partial charge in [-0.2, -0.15) is 0 Å². The van der Waals surface area contributed by atoms with Crippen molar-refractivity contribution < 1.29 is 33.4 Å². The molecule has 0 aliphatic carbocycles. The Kier molecular flexibility index (Phi) is 14.7. The minimum absolute atomic E-state index is 0.0708. The number of carbonyl (C=O) groups excluding carboxylic acids is 5. The van der Waals surface area contributed by atoms with Crippen LogP contribution in [0.2, 0.25) is 0 Å². The number of cyclic esters (lactones) is 1. The predicted molar refractivity (Wildman–Crippen MR) is 254 cm³/mol. The van der Waals surface area contributed by atoms with Crippen molar-refractivity contribution in [2.24, 2.45) is 11.3 Å². The van der Waals surface area contributed by atoms with Crippen LogP contribution >= 0.6 is 11.3 Å². The van der Waals surface area contributed by atoms with Crippen LogP contribution in [0.1, 0.15) is 83.7 Å². The molecule has 3 aliphatic heterocycles. The molecule has 6 heterocycles. The number of aromatic nitrogens is 3. The molecule has 5 atom stereocenters. The number of carbonyl (C=O) groups is 5. The summed E-state index contributed by atoms with van der Waals surface area (Å²) in [7, 11) is 3.28. The number of hydrazine groups is 1. The van der Waals surface area contributed by atoms with Gasteiger partial charge in [-0.25, -0.2) is 15.2 Å². The number of nitrogens with zero attached hydrogens (tertiary/aromatic N) is 7. The van der Waals surface area contributed by atoms with Crippen LogP contribution in [0.4, 0.5) is 4.79 Å². The van der Waals surface area contributed by atoms with E-state index in [1.807, 2.05) is 39.1 Å². The van der Waals surface area contributed by atoms with Crippen LogP contribution in [-0.4, -0.2) is 135 Å². The number of rotatable bonds is 9. The van der Waals surface area contributed by atoms with Crippen LogP contribution in [0.15, 0.2) is 54.6 Å². The number of nitrogens with one attached hydrogen (secondary N) is 2. The number of likely N-dealkylation sites (N-methyl/N-ethyl adjacent to an activating group) is 1. The smallest absolute Gasteiger partial charge is 0.324 e. The summed E-state index contributed by atoms with van der Waals surface area (Å²) in [4.78, 5) is 84.1. The Morgan fingerprint density at radius 1 is 1.15 bits per heavy atom. The van der Waals surface area contributed by atoms with E-state index in [0.29, 0.717) is 57.0 Å². The zero-order valence-corrected chi connectivity index (χ0v) is 40.6. The van der Waals surface area contributed by atoms with Gasteiger partial charge in [0.2, 0.25) is 11.8 Å². The highest BCUT2D eigenvalue weighted by Gasteiger charge is 2.40. The van der Waals surface area contributed by atoms with Gasteiger partial charge in [0, 0.05) is 98.4 Å². The van der Waals surface area contributed by atoms with Crippen LogP contribution in [0.5, 0.6) is 0 Å². The first-order chi connectivity index (χ1) is 31.5. The predicted octanol–water partition coefficient (Wildman–Crippen LogP) is 6.00. The van der Waals surface area contributed by atoms with Crippen molar-refractivity contribution in [3.63, 3.8) is 0 Å². The molecule has 0 saturated carbocycles. The number of methoxy groups -OCH3 is 1. The molecule has 66 heavy (non-hydrogen) atoms. The Bertz CT molecular complexity index is 2480. The van der Waals surface area contributed by atoms with Crippen LogP contribution in [-0.2, 0) is 48.0 Å². The molecule has 17 heteroatoms. The molecule has 5 amide bonds. The van der Waals surface area contributed by atoms with Crippen molar-refractivity contribution in [1.82, 2.24) is 45.0 Å². The second kappa shape index (κ2) is 20.1. The minimum Gasteiger partial charge on any atom is -0.464 e. The fourth-order valence-electron chi connectivity index (χ4n) is 9.66. The number of piperazine rings is 1. The van der Waals surface area contributed by atoms with E-state index >= 15 is 0 Å². The Labute approximate surface area is 391 Å². The van der Waals surface area contributed by atoms with Gasteiger partial charge in [-0.3, -0.25) is 29.2 Å². The van der Waals surface area contributed by atoms with Gasteiger partial charge in [-0.1, -0.05) is 40.3 Å². The van der Waals surface area contributed by atoms with Crippen LogP contribution in [0.3, 0.4) is 0 Å². The highest BCUT2D eigenvalue weighted by atomic mass is 32.1. The summed E-state index contributed by atoms with van der Waals surface area (Å²) in [5.41, 5.74) is 9.25. The van der Waals surface area contributed by atoms with E-state index in [-0.39, 0.29) is 43.0 Å². The van der Waals surface area contributed by atoms with Gasteiger partial charge in [0.15, 0.2) is 0 Å². The number of thiazole rings is 1. The first-order valence-electron chi connectivity index (χ1n) is 23.0. The normalized spacial score (nSPS) is 21.2. The molecule has 1 aromatic carbocycles. The molecule has 0 radical (unpaired) electrons. The lowest BCUT2D eigenvalue weighted by Crippen LogP contribution is -2.63. The van der Waals surface area contributed by atoms with E-state index in [2.05, 4.69) is 66.9 Å². The largest absolute Gasteiger partial charge is 0.464 e. The van der Waals surface area contributed by atoms with Gasteiger partial charge in [-0.05, 0) is 81.9 Å². The van der Waals surface area contributed by atoms with Gasteiger partial charge in [0.25, 0.3) is 5.91 Å². The molecular formula is C49H65N9O7S. The molecule has 2 N–H and O–H groups in total. The molecule has 354 valence electrons. The summed E-state index contributed by atoms with van der Waals surface area (Å²) in [5.74, 6) is -1.90. The maximum atomic E-state index is 14.6. The molecule has 3 aromatic heterocycles. The number of benzene rings is 1. The Hall–Kier alpha value is -5.65. The second-order valence-corrected chi connectivity index (χ2v) is 19.8. The maximum Gasteiger partial charge on any atom is 0.324 e. The van der Waals surface area contributed by atoms with E-state index in [4.69, 9.17) is 19.4 Å². The van der Waals surface area contributed by atoms with Gasteiger partial charge < -0.3 is 34.1 Å². The number of aryl methyl sites for hydroxylation is 1. The molecule has 2 fully saturated rings. The number of ether oxygens (including phenoxy) is 2. The highest BCUT2D eigenvalue weighted by Crippen LogP contribution is 2.42. The molecule has 0 spiro atoms. The summed E-state index contributed by atoms with van der Waals surface area (Å²) in [5, 5.41) is 8.09. The first-order valence-corrected chi connectivity index (χ1v) is 23.9. The third kappa shape index (κ3) is 9.88. The van der Waals surface area contributed by atoms with E-state index in [0.717, 1.165) is 44.7 Å². The summed E-state index contributed by atoms with van der Waals surface area (Å²) >= 11 is 1.40. The summed E-state index contributed by atoms with van der Waals surface area (Å²) in [6.07, 6.45) is 4.45. The van der Waals surface area contributed by atoms with Gasteiger partial charge >= 0.3 is 12.0 Å². The Morgan fingerprint density at radius 2 is 1.92 bits per heavy atom. The molecule has 6 bridgehead atoms. The van der Waals surface area contributed by atoms with Crippen LogP contribution < -0.4 is 10.7 Å². The molecule has 7 rings (SSSR count). The van der Waals surface area contributed by atoms with Crippen molar-refractivity contribution in [1.29, 1.82) is 0 Å². The number of fused-ring (bicyclic) bond motifs is 6. The average molecular weight is 924 g/mol. The first kappa shape index (κ1) is 48.3. The van der Waals surface area contributed by atoms with E-state index in [1.165, 1.54) is 27.3 Å². The fourth-order valence-corrected chi connectivity index (χ4v) is 10.5. The van der Waals surface area contributed by atoms with E-state index in [1.54, 1.807) is 30.2 Å². The zero-order valence-electron chi connectivity index (χ0n) is 39.8. The number of hydrogen-bond donors (Lipinski definition) is 2. The Balaban J connectivity index is 1.25. The SMILES string of the molecule is C=CC(=O)N1CCN(C(=O)N(C)[C@H](C(=O)N[C@H]2Cc3nc(cs3)-c3ccc4c(c3)c(c(-c3cccnc3[C@H](C)OC)n4CC)CC(C)(C)COC(=O)[C@@H]3CCCN(N3)C2=O)C(C)C)C[C@@H]1C. The van der Waals surface area contributed by atoms with Crippen LogP contribution in [0, 0.1) is 11.3 Å². The summed E-state index contributed by atoms with van der Waals surface area (Å²) in [6, 6.07) is 6.99. The number of hydrogen-bond acceptors (Lipinski definition) is 11.